The maximum atomic E-state index is 13.4. The third-order valence-corrected chi connectivity index (χ3v) is 8.08. The van der Waals surface area contributed by atoms with Gasteiger partial charge in [0.1, 0.15) is 0 Å². The summed E-state index contributed by atoms with van der Waals surface area (Å²) in [6.07, 6.45) is 11.2. The number of nitrogens with zero attached hydrogens (tertiary/aromatic N) is 3. The van der Waals surface area contributed by atoms with Crippen molar-refractivity contribution >= 4 is 5.91 Å². The number of amides is 1. The number of hydrogen-bond acceptors (Lipinski definition) is 4. The Morgan fingerprint density at radius 3 is 2.68 bits per heavy atom. The van der Waals surface area contributed by atoms with Gasteiger partial charge in [-0.1, -0.05) is 55.7 Å². The number of aromatic nitrogens is 2. The first-order valence-corrected chi connectivity index (χ1v) is 13.1. The summed E-state index contributed by atoms with van der Waals surface area (Å²) in [5, 5.41) is 8.74. The van der Waals surface area contributed by atoms with Crippen molar-refractivity contribution < 1.29 is 9.53 Å². The Hall–Kier alpha value is -2.44. The summed E-state index contributed by atoms with van der Waals surface area (Å²) < 4.78 is 7.45. The lowest BCUT2D eigenvalue weighted by Crippen LogP contribution is -2.46. The first-order valence-electron chi connectivity index (χ1n) is 13.1. The van der Waals surface area contributed by atoms with E-state index in [9.17, 15) is 4.79 Å². The number of rotatable bonds is 7. The van der Waals surface area contributed by atoms with Crippen LogP contribution in [0.4, 0.5) is 0 Å². The molecule has 0 radical (unpaired) electrons. The predicted octanol–water partition coefficient (Wildman–Crippen LogP) is 3.89. The Kier molecular flexibility index (Phi) is 7.16. The van der Waals surface area contributed by atoms with E-state index in [4.69, 9.17) is 9.84 Å². The maximum Gasteiger partial charge on any atom is 0.274 e. The minimum atomic E-state index is 0.0519. The second-order valence-electron chi connectivity index (χ2n) is 10.2. The van der Waals surface area contributed by atoms with E-state index in [0.29, 0.717) is 44.6 Å². The Morgan fingerprint density at radius 1 is 1.18 bits per heavy atom. The molecule has 2 heterocycles. The van der Waals surface area contributed by atoms with Crippen LogP contribution in [0.2, 0.25) is 0 Å². The number of hydrogen-bond donors (Lipinski definition) is 1. The number of nitrogens with one attached hydrogen (secondary N) is 1. The van der Waals surface area contributed by atoms with Crippen LogP contribution in [0.3, 0.4) is 0 Å². The molecule has 1 N–H and O–H groups in total. The lowest BCUT2D eigenvalue weighted by molar-refractivity contribution is 0.0297. The SMILES string of the molecule is C=CCn1nc(C(=O)N2CCOCC2)c2c1CCC(NCC1(c3ccccc3)CCCCC1)C2. The first kappa shape index (κ1) is 23.3. The number of morpholine rings is 1. The molecule has 182 valence electrons. The molecule has 6 heteroatoms. The van der Waals surface area contributed by atoms with Gasteiger partial charge in [-0.05, 0) is 37.7 Å². The fourth-order valence-electron chi connectivity index (χ4n) is 6.15. The standard InChI is InChI=1S/C28H38N4O2/c1-2-15-32-25-12-11-23(20-24(25)26(30-32)27(33)31-16-18-34-19-17-31)29-21-28(13-7-4-8-14-28)22-9-5-3-6-10-22/h2-3,5-6,9-10,23,29H,1,4,7-8,11-21H2. The summed E-state index contributed by atoms with van der Waals surface area (Å²) in [5.74, 6) is 0.0519. The highest BCUT2D eigenvalue weighted by Crippen LogP contribution is 2.39. The van der Waals surface area contributed by atoms with Crippen molar-refractivity contribution in [1.29, 1.82) is 0 Å². The van der Waals surface area contributed by atoms with Gasteiger partial charge in [-0.25, -0.2) is 0 Å². The Morgan fingerprint density at radius 2 is 1.94 bits per heavy atom. The third-order valence-electron chi connectivity index (χ3n) is 8.08. The van der Waals surface area contributed by atoms with Gasteiger partial charge in [-0.3, -0.25) is 9.48 Å². The van der Waals surface area contributed by atoms with E-state index >= 15 is 0 Å². The number of ether oxygens (including phenoxy) is 1. The molecule has 0 spiro atoms. The Bertz CT molecular complexity index is 987. The summed E-state index contributed by atoms with van der Waals surface area (Å²) >= 11 is 0. The van der Waals surface area contributed by atoms with Gasteiger partial charge in [-0.2, -0.15) is 5.10 Å². The molecular weight excluding hydrogens is 424 g/mol. The highest BCUT2D eigenvalue weighted by Gasteiger charge is 2.36. The number of allylic oxidation sites excluding steroid dienone is 1. The van der Waals surface area contributed by atoms with Gasteiger partial charge >= 0.3 is 0 Å². The number of fused-ring (bicyclic) bond motifs is 1. The topological polar surface area (TPSA) is 59.4 Å². The monoisotopic (exact) mass is 462 g/mol. The van der Waals surface area contributed by atoms with Gasteiger partial charge < -0.3 is 15.0 Å². The molecule has 1 saturated heterocycles. The molecule has 5 rings (SSSR count). The van der Waals surface area contributed by atoms with Gasteiger partial charge in [0.25, 0.3) is 5.91 Å². The second kappa shape index (κ2) is 10.4. The molecule has 1 unspecified atom stereocenters. The molecule has 1 aliphatic heterocycles. The summed E-state index contributed by atoms with van der Waals surface area (Å²) in [6, 6.07) is 11.5. The molecule has 1 amide bonds. The van der Waals surface area contributed by atoms with Gasteiger partial charge in [0.15, 0.2) is 5.69 Å². The van der Waals surface area contributed by atoms with Crippen molar-refractivity contribution in [3.05, 3.63) is 65.5 Å². The Balaban J connectivity index is 1.34. The minimum absolute atomic E-state index is 0.0519. The van der Waals surface area contributed by atoms with Crippen LogP contribution in [-0.2, 0) is 29.5 Å². The third kappa shape index (κ3) is 4.71. The fourth-order valence-corrected chi connectivity index (χ4v) is 6.15. The normalized spacial score (nSPS) is 22.2. The molecule has 2 fully saturated rings. The smallest absolute Gasteiger partial charge is 0.274 e. The van der Waals surface area contributed by atoms with Crippen LogP contribution in [0.1, 0.15) is 65.8 Å². The summed E-state index contributed by atoms with van der Waals surface area (Å²) in [5.41, 5.74) is 4.69. The lowest BCUT2D eigenvalue weighted by Gasteiger charge is -2.40. The van der Waals surface area contributed by atoms with Crippen molar-refractivity contribution in [3.63, 3.8) is 0 Å². The quantitative estimate of drug-likeness (QED) is 0.635. The van der Waals surface area contributed by atoms with Crippen molar-refractivity contribution in [2.75, 3.05) is 32.8 Å². The van der Waals surface area contributed by atoms with Crippen molar-refractivity contribution in [2.45, 2.75) is 69.4 Å². The number of benzene rings is 1. The van der Waals surface area contributed by atoms with E-state index < -0.39 is 0 Å². The molecule has 6 nitrogen and oxygen atoms in total. The lowest BCUT2D eigenvalue weighted by atomic mass is 9.69. The van der Waals surface area contributed by atoms with E-state index in [2.05, 4.69) is 42.2 Å². The van der Waals surface area contributed by atoms with Crippen molar-refractivity contribution in [2.24, 2.45) is 0 Å². The summed E-state index contributed by atoms with van der Waals surface area (Å²) in [4.78, 5) is 15.3. The second-order valence-corrected chi connectivity index (χ2v) is 10.2. The van der Waals surface area contributed by atoms with Gasteiger partial charge in [-0.15, -0.1) is 6.58 Å². The zero-order valence-corrected chi connectivity index (χ0v) is 20.3. The number of carbonyl (C=O) groups excluding carboxylic acids is 1. The van der Waals surface area contributed by atoms with Gasteiger partial charge in [0.05, 0.1) is 19.8 Å². The van der Waals surface area contributed by atoms with E-state index in [1.54, 1.807) is 0 Å². The predicted molar refractivity (Wildman–Crippen MR) is 134 cm³/mol. The van der Waals surface area contributed by atoms with Crippen LogP contribution in [-0.4, -0.2) is 59.5 Å². The van der Waals surface area contributed by atoms with Crippen molar-refractivity contribution in [3.8, 4) is 0 Å². The molecule has 34 heavy (non-hydrogen) atoms. The zero-order valence-electron chi connectivity index (χ0n) is 20.3. The average molecular weight is 463 g/mol. The first-order chi connectivity index (χ1) is 16.7. The van der Waals surface area contributed by atoms with Crippen LogP contribution in [0.15, 0.2) is 43.0 Å². The largest absolute Gasteiger partial charge is 0.378 e. The Labute approximate surface area is 203 Å². The molecule has 1 atom stereocenters. The molecule has 2 aromatic rings. The van der Waals surface area contributed by atoms with E-state index in [-0.39, 0.29) is 11.3 Å². The van der Waals surface area contributed by atoms with Gasteiger partial charge in [0, 0.05) is 42.3 Å². The summed E-state index contributed by atoms with van der Waals surface area (Å²) in [7, 11) is 0. The highest BCUT2D eigenvalue weighted by atomic mass is 16.5. The average Bonchev–Trinajstić information content (AvgIpc) is 3.26. The van der Waals surface area contributed by atoms with Crippen LogP contribution in [0, 0.1) is 0 Å². The minimum Gasteiger partial charge on any atom is -0.378 e. The summed E-state index contributed by atoms with van der Waals surface area (Å²) in [6.45, 7) is 8.04. The molecule has 0 bridgehead atoms. The number of carbonyl (C=O) groups is 1. The zero-order chi connectivity index (χ0) is 23.4. The highest BCUT2D eigenvalue weighted by molar-refractivity contribution is 5.94. The molecule has 1 saturated carbocycles. The molecule has 1 aromatic carbocycles. The van der Waals surface area contributed by atoms with Crippen LogP contribution >= 0.6 is 0 Å². The van der Waals surface area contributed by atoms with E-state index in [1.165, 1.54) is 43.4 Å². The maximum absolute atomic E-state index is 13.4. The van der Waals surface area contributed by atoms with Crippen LogP contribution < -0.4 is 5.32 Å². The molecular formula is C28H38N4O2. The fraction of sp³-hybridized carbons (Fsp3) is 0.571. The van der Waals surface area contributed by atoms with Crippen LogP contribution in [0.25, 0.3) is 0 Å². The van der Waals surface area contributed by atoms with Gasteiger partial charge in [0.2, 0.25) is 0 Å². The molecule has 2 aliphatic carbocycles. The van der Waals surface area contributed by atoms with Crippen LogP contribution in [0.5, 0.6) is 0 Å². The van der Waals surface area contributed by atoms with Crippen molar-refractivity contribution in [1.82, 2.24) is 20.0 Å². The molecule has 1 aromatic heterocycles. The molecule has 3 aliphatic rings. The van der Waals surface area contributed by atoms with E-state index in [1.807, 2.05) is 15.7 Å². The van der Waals surface area contributed by atoms with E-state index in [0.717, 1.165) is 31.4 Å².